The van der Waals surface area contributed by atoms with Crippen LogP contribution in [0.3, 0.4) is 0 Å². The van der Waals surface area contributed by atoms with E-state index in [2.05, 4.69) is 4.98 Å². The molecule has 0 bridgehead atoms. The fourth-order valence-corrected chi connectivity index (χ4v) is 1.64. The summed E-state index contributed by atoms with van der Waals surface area (Å²) in [5.74, 6) is 0.293. The first-order chi connectivity index (χ1) is 7.11. The molecule has 2 rings (SSSR count). The Morgan fingerprint density at radius 2 is 2.20 bits per heavy atom. The van der Waals surface area contributed by atoms with Crippen molar-refractivity contribution in [2.24, 2.45) is 5.73 Å². The molecule has 0 spiro atoms. The summed E-state index contributed by atoms with van der Waals surface area (Å²) in [6, 6.07) is 3.95. The Bertz CT molecular complexity index is 491. The molecule has 1 aromatic heterocycles. The molecular formula is C11H14N2O2. The molecule has 1 atom stereocenters. The van der Waals surface area contributed by atoms with E-state index in [1.165, 1.54) is 0 Å². The van der Waals surface area contributed by atoms with E-state index >= 15 is 0 Å². The van der Waals surface area contributed by atoms with E-state index in [9.17, 15) is 5.11 Å². The van der Waals surface area contributed by atoms with Gasteiger partial charge in [-0.15, -0.1) is 0 Å². The van der Waals surface area contributed by atoms with E-state index < -0.39 is 6.10 Å². The molecule has 0 aliphatic heterocycles. The van der Waals surface area contributed by atoms with Gasteiger partial charge in [0, 0.05) is 6.54 Å². The van der Waals surface area contributed by atoms with Crippen molar-refractivity contribution in [3.8, 4) is 0 Å². The number of rotatable bonds is 2. The lowest BCUT2D eigenvalue weighted by Crippen LogP contribution is -2.11. The summed E-state index contributed by atoms with van der Waals surface area (Å²) in [7, 11) is 0. The van der Waals surface area contributed by atoms with Gasteiger partial charge >= 0.3 is 0 Å². The highest BCUT2D eigenvalue weighted by Gasteiger charge is 2.14. The van der Waals surface area contributed by atoms with E-state index in [4.69, 9.17) is 10.2 Å². The first-order valence-electron chi connectivity index (χ1n) is 4.87. The van der Waals surface area contributed by atoms with Gasteiger partial charge in [-0.3, -0.25) is 0 Å². The Labute approximate surface area is 87.7 Å². The summed E-state index contributed by atoms with van der Waals surface area (Å²) < 4.78 is 5.47. The third kappa shape index (κ3) is 1.73. The topological polar surface area (TPSA) is 72.3 Å². The van der Waals surface area contributed by atoms with E-state index in [0.717, 1.165) is 22.2 Å². The Hall–Kier alpha value is -1.39. The lowest BCUT2D eigenvalue weighted by atomic mass is 10.1. The fourth-order valence-electron chi connectivity index (χ4n) is 1.64. The van der Waals surface area contributed by atoms with E-state index in [0.29, 0.717) is 5.89 Å². The normalized spacial score (nSPS) is 13.3. The standard InChI is InChI=1S/C11H14N2O2/c1-6-3-7(2)10-8(4-6)13-11(15-10)9(14)5-12/h3-4,9,14H,5,12H2,1-2H3. The van der Waals surface area contributed by atoms with Crippen LogP contribution in [0.1, 0.15) is 23.1 Å². The Balaban J connectivity index is 2.60. The lowest BCUT2D eigenvalue weighted by Gasteiger charge is -1.99. The van der Waals surface area contributed by atoms with Gasteiger partial charge in [0.15, 0.2) is 5.58 Å². The predicted octanol–water partition coefficient (Wildman–Crippen LogP) is 1.44. The van der Waals surface area contributed by atoms with Crippen LogP contribution >= 0.6 is 0 Å². The minimum atomic E-state index is -0.822. The number of aryl methyl sites for hydroxylation is 2. The SMILES string of the molecule is Cc1cc(C)c2oc(C(O)CN)nc2c1. The van der Waals surface area contributed by atoms with Crippen molar-refractivity contribution < 1.29 is 9.52 Å². The molecule has 0 amide bonds. The van der Waals surface area contributed by atoms with Crippen LogP contribution in [0.5, 0.6) is 0 Å². The maximum Gasteiger partial charge on any atom is 0.225 e. The number of aromatic nitrogens is 1. The van der Waals surface area contributed by atoms with Gasteiger partial charge in [-0.05, 0) is 31.0 Å². The second-order valence-electron chi connectivity index (χ2n) is 3.73. The van der Waals surface area contributed by atoms with Crippen molar-refractivity contribution in [1.82, 2.24) is 4.98 Å². The third-order valence-electron chi connectivity index (χ3n) is 2.34. The van der Waals surface area contributed by atoms with Gasteiger partial charge in [0.1, 0.15) is 11.6 Å². The smallest absolute Gasteiger partial charge is 0.225 e. The fraction of sp³-hybridized carbons (Fsp3) is 0.364. The van der Waals surface area contributed by atoms with Crippen LogP contribution < -0.4 is 5.73 Å². The number of nitrogens with zero attached hydrogens (tertiary/aromatic N) is 1. The maximum atomic E-state index is 9.51. The highest BCUT2D eigenvalue weighted by Crippen LogP contribution is 2.23. The lowest BCUT2D eigenvalue weighted by molar-refractivity contribution is 0.154. The minimum absolute atomic E-state index is 0.116. The number of oxazole rings is 1. The summed E-state index contributed by atoms with van der Waals surface area (Å²) in [6.07, 6.45) is -0.822. The summed E-state index contributed by atoms with van der Waals surface area (Å²) in [5, 5.41) is 9.51. The van der Waals surface area contributed by atoms with Crippen molar-refractivity contribution in [1.29, 1.82) is 0 Å². The molecule has 1 heterocycles. The Morgan fingerprint density at radius 3 is 2.87 bits per heavy atom. The molecule has 15 heavy (non-hydrogen) atoms. The largest absolute Gasteiger partial charge is 0.438 e. The maximum absolute atomic E-state index is 9.51. The predicted molar refractivity (Wildman–Crippen MR) is 57.5 cm³/mol. The molecular weight excluding hydrogens is 192 g/mol. The summed E-state index contributed by atoms with van der Waals surface area (Å²) >= 11 is 0. The molecule has 0 fully saturated rings. The van der Waals surface area contributed by atoms with Gasteiger partial charge in [0.25, 0.3) is 0 Å². The summed E-state index contributed by atoms with van der Waals surface area (Å²) in [4.78, 5) is 4.21. The molecule has 1 unspecified atom stereocenters. The molecule has 0 aliphatic carbocycles. The van der Waals surface area contributed by atoms with Gasteiger partial charge in [0.05, 0.1) is 0 Å². The molecule has 0 saturated carbocycles. The Morgan fingerprint density at radius 1 is 1.47 bits per heavy atom. The van der Waals surface area contributed by atoms with Gasteiger partial charge < -0.3 is 15.3 Å². The van der Waals surface area contributed by atoms with Crippen LogP contribution in [0.15, 0.2) is 16.5 Å². The van der Waals surface area contributed by atoms with Crippen LogP contribution in [0.4, 0.5) is 0 Å². The van der Waals surface area contributed by atoms with Crippen molar-refractivity contribution in [3.05, 3.63) is 29.2 Å². The molecule has 80 valence electrons. The Kier molecular flexibility index (Phi) is 2.46. The number of benzene rings is 1. The monoisotopic (exact) mass is 206 g/mol. The molecule has 1 aromatic carbocycles. The van der Waals surface area contributed by atoms with E-state index in [1.54, 1.807) is 0 Å². The first-order valence-corrected chi connectivity index (χ1v) is 4.87. The van der Waals surface area contributed by atoms with E-state index in [-0.39, 0.29) is 6.54 Å². The highest BCUT2D eigenvalue weighted by atomic mass is 16.4. The number of aliphatic hydroxyl groups is 1. The van der Waals surface area contributed by atoms with Crippen molar-refractivity contribution >= 4 is 11.1 Å². The molecule has 2 aromatic rings. The number of fused-ring (bicyclic) bond motifs is 1. The number of hydrogen-bond donors (Lipinski definition) is 2. The zero-order valence-electron chi connectivity index (χ0n) is 8.82. The van der Waals surface area contributed by atoms with Crippen LogP contribution in [-0.2, 0) is 0 Å². The number of hydrogen-bond acceptors (Lipinski definition) is 4. The average molecular weight is 206 g/mol. The quantitative estimate of drug-likeness (QED) is 0.779. The molecule has 0 radical (unpaired) electrons. The first kappa shape index (κ1) is 10.1. The summed E-state index contributed by atoms with van der Waals surface area (Å²) in [5.41, 5.74) is 8.99. The van der Waals surface area contributed by atoms with E-state index in [1.807, 2.05) is 26.0 Å². The van der Waals surface area contributed by atoms with Crippen molar-refractivity contribution in [2.45, 2.75) is 20.0 Å². The van der Waals surface area contributed by atoms with Gasteiger partial charge in [-0.2, -0.15) is 0 Å². The van der Waals surface area contributed by atoms with Crippen LogP contribution in [0.2, 0.25) is 0 Å². The van der Waals surface area contributed by atoms with Crippen LogP contribution in [0.25, 0.3) is 11.1 Å². The zero-order valence-corrected chi connectivity index (χ0v) is 8.82. The molecule has 4 nitrogen and oxygen atoms in total. The second kappa shape index (κ2) is 3.64. The number of aliphatic hydroxyl groups excluding tert-OH is 1. The molecule has 0 saturated heterocycles. The van der Waals surface area contributed by atoms with Gasteiger partial charge in [-0.25, -0.2) is 4.98 Å². The van der Waals surface area contributed by atoms with Crippen molar-refractivity contribution in [3.63, 3.8) is 0 Å². The van der Waals surface area contributed by atoms with Gasteiger partial charge in [-0.1, -0.05) is 6.07 Å². The highest BCUT2D eigenvalue weighted by molar-refractivity contribution is 5.77. The molecule has 4 heteroatoms. The van der Waals surface area contributed by atoms with Crippen LogP contribution in [-0.4, -0.2) is 16.6 Å². The average Bonchev–Trinajstić information content (AvgIpc) is 2.60. The number of nitrogens with two attached hydrogens (primary N) is 1. The van der Waals surface area contributed by atoms with Crippen LogP contribution in [0, 0.1) is 13.8 Å². The van der Waals surface area contributed by atoms with Crippen molar-refractivity contribution in [2.75, 3.05) is 6.54 Å². The van der Waals surface area contributed by atoms with Gasteiger partial charge in [0.2, 0.25) is 5.89 Å². The zero-order chi connectivity index (χ0) is 11.0. The molecule has 0 aliphatic rings. The summed E-state index contributed by atoms with van der Waals surface area (Å²) in [6.45, 7) is 4.07. The molecule has 3 N–H and O–H groups in total. The second-order valence-corrected chi connectivity index (χ2v) is 3.73. The minimum Gasteiger partial charge on any atom is -0.438 e. The third-order valence-corrected chi connectivity index (χ3v) is 2.34.